The van der Waals surface area contributed by atoms with E-state index in [2.05, 4.69) is 15.5 Å². The number of carboxylic acid groups (broad SMARTS) is 1. The summed E-state index contributed by atoms with van der Waals surface area (Å²) in [4.78, 5) is 11.1. The lowest BCUT2D eigenvalue weighted by atomic mass is 10.0. The maximum absolute atomic E-state index is 11.1. The number of aromatic nitrogens is 4. The molecule has 0 saturated carbocycles. The Balaban J connectivity index is 2.45. The number of hydrogen-bond donors (Lipinski definition) is 1. The lowest BCUT2D eigenvalue weighted by Crippen LogP contribution is -2.21. The highest BCUT2D eigenvalue weighted by Crippen LogP contribution is 2.28. The number of aryl methyl sites for hydroxylation is 1. The summed E-state index contributed by atoms with van der Waals surface area (Å²) < 4.78 is 1.57. The van der Waals surface area contributed by atoms with Gasteiger partial charge in [-0.25, -0.2) is 4.68 Å². The van der Waals surface area contributed by atoms with E-state index in [-0.39, 0.29) is 18.4 Å². The van der Waals surface area contributed by atoms with Crippen molar-refractivity contribution in [3.8, 4) is 11.4 Å². The van der Waals surface area contributed by atoms with Gasteiger partial charge < -0.3 is 5.11 Å². The smallest absolute Gasteiger partial charge is 0.305 e. The van der Waals surface area contributed by atoms with E-state index in [4.69, 9.17) is 16.7 Å². The minimum absolute atomic E-state index is 0.0324. The summed E-state index contributed by atoms with van der Waals surface area (Å²) in [6, 6.07) is 5.24. The molecule has 1 unspecified atom stereocenters. The summed E-state index contributed by atoms with van der Waals surface area (Å²) in [5, 5.41) is 21.4. The number of carbonyl (C=O) groups is 1. The van der Waals surface area contributed by atoms with Gasteiger partial charge in [0, 0.05) is 10.6 Å². The van der Waals surface area contributed by atoms with Crippen LogP contribution in [0.4, 0.5) is 0 Å². The Hall–Kier alpha value is -1.95. The molecule has 1 aromatic heterocycles. The molecule has 1 heterocycles. The van der Waals surface area contributed by atoms with Crippen LogP contribution in [0.3, 0.4) is 0 Å². The third-order valence-electron chi connectivity index (χ3n) is 3.39. The van der Waals surface area contributed by atoms with Gasteiger partial charge in [0.25, 0.3) is 0 Å². The van der Waals surface area contributed by atoms with Crippen molar-refractivity contribution in [2.45, 2.75) is 33.2 Å². The molecule has 1 N–H and O–H groups in total. The molecule has 6 nitrogen and oxygen atoms in total. The average molecular weight is 309 g/mol. The Kier molecular flexibility index (Phi) is 4.57. The lowest BCUT2D eigenvalue weighted by Gasteiger charge is -2.20. The second-order valence-electron chi connectivity index (χ2n) is 5.32. The molecule has 1 atom stereocenters. The van der Waals surface area contributed by atoms with E-state index < -0.39 is 5.97 Å². The minimum atomic E-state index is -0.878. The largest absolute Gasteiger partial charge is 0.481 e. The molecule has 0 aliphatic rings. The first-order valence-electron chi connectivity index (χ1n) is 6.66. The molecule has 0 amide bonds. The van der Waals surface area contributed by atoms with E-state index in [1.807, 2.05) is 32.9 Å². The summed E-state index contributed by atoms with van der Waals surface area (Å²) in [6.07, 6.45) is -0.0324. The molecule has 0 saturated heterocycles. The highest BCUT2D eigenvalue weighted by molar-refractivity contribution is 6.31. The number of halogens is 1. The van der Waals surface area contributed by atoms with Gasteiger partial charge in [0.05, 0.1) is 12.5 Å². The number of benzene rings is 1. The third-order valence-corrected chi connectivity index (χ3v) is 3.80. The molecule has 7 heteroatoms. The molecule has 0 aliphatic heterocycles. The number of carboxylic acids is 1. The molecule has 0 spiro atoms. The molecule has 0 radical (unpaired) electrons. The zero-order valence-corrected chi connectivity index (χ0v) is 12.9. The lowest BCUT2D eigenvalue weighted by molar-refractivity contribution is -0.138. The molecule has 1 aromatic carbocycles. The van der Waals surface area contributed by atoms with Crippen LogP contribution >= 0.6 is 11.6 Å². The fourth-order valence-corrected chi connectivity index (χ4v) is 2.30. The van der Waals surface area contributed by atoms with Crippen molar-refractivity contribution in [2.24, 2.45) is 5.92 Å². The number of rotatable bonds is 5. The maximum atomic E-state index is 11.1. The molecule has 21 heavy (non-hydrogen) atoms. The predicted octanol–water partition coefficient (Wildman–Crippen LogP) is 2.97. The number of hydrogen-bond acceptors (Lipinski definition) is 4. The van der Waals surface area contributed by atoms with E-state index >= 15 is 0 Å². The Labute approximate surface area is 127 Å². The SMILES string of the molecule is Cc1ccc(-c2nnnn2C(CC(=O)O)C(C)C)cc1Cl. The molecule has 2 aromatic rings. The quantitative estimate of drug-likeness (QED) is 0.918. The van der Waals surface area contributed by atoms with Crippen LogP contribution in [0.1, 0.15) is 31.9 Å². The third kappa shape index (κ3) is 3.39. The van der Waals surface area contributed by atoms with E-state index in [0.29, 0.717) is 10.8 Å². The first-order valence-corrected chi connectivity index (χ1v) is 7.04. The van der Waals surface area contributed by atoms with Crippen LogP contribution in [0, 0.1) is 12.8 Å². The normalized spacial score (nSPS) is 12.6. The molecule has 112 valence electrons. The monoisotopic (exact) mass is 308 g/mol. The fourth-order valence-electron chi connectivity index (χ4n) is 2.12. The Morgan fingerprint density at radius 1 is 1.43 bits per heavy atom. The molecular formula is C14H17ClN4O2. The van der Waals surface area contributed by atoms with E-state index in [0.717, 1.165) is 11.1 Å². The van der Waals surface area contributed by atoms with Crippen molar-refractivity contribution in [3.05, 3.63) is 28.8 Å². The average Bonchev–Trinajstić information content (AvgIpc) is 2.87. The van der Waals surface area contributed by atoms with Crippen LogP contribution in [0.5, 0.6) is 0 Å². The predicted molar refractivity (Wildman–Crippen MR) is 79.1 cm³/mol. The van der Waals surface area contributed by atoms with E-state index in [9.17, 15) is 4.79 Å². The summed E-state index contributed by atoms with van der Waals surface area (Å²) >= 11 is 6.14. The number of tetrazole rings is 1. The summed E-state index contributed by atoms with van der Waals surface area (Å²) in [6.45, 7) is 5.80. The van der Waals surface area contributed by atoms with Gasteiger partial charge in [0.15, 0.2) is 5.82 Å². The molecule has 0 bridgehead atoms. The van der Waals surface area contributed by atoms with Crippen LogP contribution < -0.4 is 0 Å². The van der Waals surface area contributed by atoms with Gasteiger partial charge in [-0.15, -0.1) is 5.10 Å². The first-order chi connectivity index (χ1) is 9.90. The van der Waals surface area contributed by atoms with E-state index in [1.165, 1.54) is 0 Å². The van der Waals surface area contributed by atoms with Gasteiger partial charge in [-0.3, -0.25) is 4.79 Å². The van der Waals surface area contributed by atoms with Crippen LogP contribution in [0.15, 0.2) is 18.2 Å². The second kappa shape index (κ2) is 6.22. The van der Waals surface area contributed by atoms with Crippen LogP contribution in [-0.4, -0.2) is 31.3 Å². The molecule has 0 fully saturated rings. The summed E-state index contributed by atoms with van der Waals surface area (Å²) in [5.41, 5.74) is 1.73. The van der Waals surface area contributed by atoms with Crippen molar-refractivity contribution in [3.63, 3.8) is 0 Å². The van der Waals surface area contributed by atoms with Gasteiger partial charge in [-0.1, -0.05) is 37.6 Å². The maximum Gasteiger partial charge on any atom is 0.305 e. The minimum Gasteiger partial charge on any atom is -0.481 e. The van der Waals surface area contributed by atoms with Gasteiger partial charge in [0.1, 0.15) is 0 Å². The molecule has 0 aliphatic carbocycles. The van der Waals surface area contributed by atoms with Crippen molar-refractivity contribution in [1.82, 2.24) is 20.2 Å². The number of aliphatic carboxylic acids is 1. The van der Waals surface area contributed by atoms with Gasteiger partial charge in [0.2, 0.25) is 0 Å². The van der Waals surface area contributed by atoms with Crippen molar-refractivity contribution < 1.29 is 9.90 Å². The van der Waals surface area contributed by atoms with Crippen LogP contribution in [0.2, 0.25) is 5.02 Å². The zero-order valence-electron chi connectivity index (χ0n) is 12.1. The van der Waals surface area contributed by atoms with E-state index in [1.54, 1.807) is 10.7 Å². The van der Waals surface area contributed by atoms with Gasteiger partial charge >= 0.3 is 5.97 Å². The fraction of sp³-hybridized carbons (Fsp3) is 0.429. The molecule has 2 rings (SSSR count). The highest BCUT2D eigenvalue weighted by Gasteiger charge is 2.24. The summed E-state index contributed by atoms with van der Waals surface area (Å²) in [5.74, 6) is -0.266. The Morgan fingerprint density at radius 2 is 2.14 bits per heavy atom. The van der Waals surface area contributed by atoms with Gasteiger partial charge in [-0.05, 0) is 34.9 Å². The summed E-state index contributed by atoms with van der Waals surface area (Å²) in [7, 11) is 0. The number of nitrogens with zero attached hydrogens (tertiary/aromatic N) is 4. The van der Waals surface area contributed by atoms with Crippen molar-refractivity contribution >= 4 is 17.6 Å². The van der Waals surface area contributed by atoms with Crippen LogP contribution in [-0.2, 0) is 4.79 Å². The first kappa shape index (κ1) is 15.4. The topological polar surface area (TPSA) is 80.9 Å². The Morgan fingerprint density at radius 3 is 2.71 bits per heavy atom. The van der Waals surface area contributed by atoms with Crippen LogP contribution in [0.25, 0.3) is 11.4 Å². The molecular weight excluding hydrogens is 292 g/mol. The highest BCUT2D eigenvalue weighted by atomic mass is 35.5. The standard InChI is InChI=1S/C14H17ClN4O2/c1-8(2)12(7-13(20)21)19-14(16-17-18-19)10-5-4-9(3)11(15)6-10/h4-6,8,12H,7H2,1-3H3,(H,20,21). The second-order valence-corrected chi connectivity index (χ2v) is 5.73. The van der Waals surface area contributed by atoms with Crippen molar-refractivity contribution in [2.75, 3.05) is 0 Å². The van der Waals surface area contributed by atoms with Gasteiger partial charge in [-0.2, -0.15) is 0 Å². The Bertz CT molecular complexity index is 654. The van der Waals surface area contributed by atoms with Crippen molar-refractivity contribution in [1.29, 1.82) is 0 Å². The zero-order chi connectivity index (χ0) is 15.6.